The Bertz CT molecular complexity index is 724. The summed E-state index contributed by atoms with van der Waals surface area (Å²) in [5, 5.41) is 3.23. The number of hydrogen-bond donors (Lipinski definition) is 1. The third kappa shape index (κ3) is 2.18. The number of carbonyl (C=O) groups excluding carboxylic acids is 3. The van der Waals surface area contributed by atoms with Crippen molar-refractivity contribution >= 4 is 29.0 Å². The highest BCUT2D eigenvalue weighted by atomic mass is 16.2. The number of carbonyl (C=O) groups is 3. The lowest BCUT2D eigenvalue weighted by Crippen LogP contribution is -2.39. The van der Waals surface area contributed by atoms with Crippen molar-refractivity contribution in [3.63, 3.8) is 0 Å². The third-order valence-corrected chi connectivity index (χ3v) is 3.50. The minimum Gasteiger partial charge on any atom is -0.296 e. The molecule has 5 nitrogen and oxygen atoms in total. The molecular formula is C15H12N2O3. The highest BCUT2D eigenvalue weighted by molar-refractivity contribution is 6.01. The molecule has 1 atom stereocenters. The SMILES string of the molecule is O=Cc1ccc2cc(C3CCC(=O)NC3=O)ccc2n1. The van der Waals surface area contributed by atoms with Gasteiger partial charge in [0.25, 0.3) is 0 Å². The fourth-order valence-electron chi connectivity index (χ4n) is 2.45. The summed E-state index contributed by atoms with van der Waals surface area (Å²) in [5.41, 5.74) is 1.96. The van der Waals surface area contributed by atoms with Gasteiger partial charge in [0, 0.05) is 11.8 Å². The molecule has 1 unspecified atom stereocenters. The second-order valence-electron chi connectivity index (χ2n) is 4.81. The van der Waals surface area contributed by atoms with E-state index in [4.69, 9.17) is 0 Å². The summed E-state index contributed by atoms with van der Waals surface area (Å²) >= 11 is 0. The van der Waals surface area contributed by atoms with Crippen LogP contribution in [0.25, 0.3) is 10.9 Å². The quantitative estimate of drug-likeness (QED) is 0.662. The van der Waals surface area contributed by atoms with Crippen LogP contribution < -0.4 is 5.32 Å². The number of nitrogens with zero attached hydrogens (tertiary/aromatic N) is 1. The van der Waals surface area contributed by atoms with Crippen molar-refractivity contribution < 1.29 is 14.4 Å². The summed E-state index contributed by atoms with van der Waals surface area (Å²) in [5.74, 6) is -0.773. The summed E-state index contributed by atoms with van der Waals surface area (Å²) in [6, 6.07) is 8.95. The number of hydrogen-bond acceptors (Lipinski definition) is 4. The van der Waals surface area contributed by atoms with E-state index in [0.717, 1.165) is 10.9 Å². The van der Waals surface area contributed by atoms with Crippen LogP contribution in [0.2, 0.25) is 0 Å². The molecular weight excluding hydrogens is 256 g/mol. The first-order chi connectivity index (χ1) is 9.67. The van der Waals surface area contributed by atoms with Gasteiger partial charge in [0.15, 0.2) is 6.29 Å². The number of nitrogens with one attached hydrogen (secondary N) is 1. The molecule has 2 aromatic rings. The van der Waals surface area contributed by atoms with Crippen LogP contribution in [0.5, 0.6) is 0 Å². The van der Waals surface area contributed by atoms with Crippen LogP contribution in [0, 0.1) is 0 Å². The molecule has 2 amide bonds. The summed E-state index contributed by atoms with van der Waals surface area (Å²) in [6.45, 7) is 0. The number of rotatable bonds is 2. The summed E-state index contributed by atoms with van der Waals surface area (Å²) in [4.78, 5) is 37.9. The molecule has 2 heterocycles. The van der Waals surface area contributed by atoms with Crippen LogP contribution >= 0.6 is 0 Å². The van der Waals surface area contributed by atoms with E-state index in [1.54, 1.807) is 18.2 Å². The van der Waals surface area contributed by atoms with Gasteiger partial charge in [0.2, 0.25) is 11.8 Å². The monoisotopic (exact) mass is 268 g/mol. The second kappa shape index (κ2) is 4.85. The van der Waals surface area contributed by atoms with Crippen LogP contribution in [0.3, 0.4) is 0 Å². The lowest BCUT2D eigenvalue weighted by atomic mass is 9.90. The fraction of sp³-hybridized carbons (Fsp3) is 0.200. The van der Waals surface area contributed by atoms with Crippen molar-refractivity contribution in [1.29, 1.82) is 0 Å². The zero-order valence-electron chi connectivity index (χ0n) is 10.6. The molecule has 100 valence electrons. The molecule has 1 N–H and O–H groups in total. The van der Waals surface area contributed by atoms with E-state index in [1.165, 1.54) is 0 Å². The standard InChI is InChI=1S/C15H12N2O3/c18-8-11-3-1-10-7-9(2-5-13(10)16-11)12-4-6-14(19)17-15(12)20/h1-3,5,7-8,12H,4,6H2,(H,17,19,20). The first kappa shape index (κ1) is 12.5. The topological polar surface area (TPSA) is 76.1 Å². The van der Waals surface area contributed by atoms with Gasteiger partial charge in [-0.15, -0.1) is 0 Å². The summed E-state index contributed by atoms with van der Waals surface area (Å²) < 4.78 is 0. The van der Waals surface area contributed by atoms with Crippen molar-refractivity contribution in [1.82, 2.24) is 10.3 Å². The smallest absolute Gasteiger partial charge is 0.234 e. The fourth-order valence-corrected chi connectivity index (χ4v) is 2.45. The van der Waals surface area contributed by atoms with Crippen molar-refractivity contribution in [3.8, 4) is 0 Å². The Morgan fingerprint density at radius 1 is 1.20 bits per heavy atom. The zero-order chi connectivity index (χ0) is 14.1. The highest BCUT2D eigenvalue weighted by Gasteiger charge is 2.27. The normalized spacial score (nSPS) is 18.9. The van der Waals surface area contributed by atoms with Gasteiger partial charge in [0.05, 0.1) is 11.4 Å². The molecule has 1 aliphatic heterocycles. The maximum absolute atomic E-state index is 11.8. The lowest BCUT2D eigenvalue weighted by Gasteiger charge is -2.21. The number of pyridine rings is 1. The van der Waals surface area contributed by atoms with Crippen LogP contribution in [-0.4, -0.2) is 23.1 Å². The number of imide groups is 1. The number of aromatic nitrogens is 1. The maximum atomic E-state index is 11.8. The average molecular weight is 268 g/mol. The van der Waals surface area contributed by atoms with E-state index in [1.807, 2.05) is 12.1 Å². The molecule has 1 aromatic carbocycles. The van der Waals surface area contributed by atoms with E-state index in [-0.39, 0.29) is 17.7 Å². The van der Waals surface area contributed by atoms with Gasteiger partial charge in [0.1, 0.15) is 5.69 Å². The van der Waals surface area contributed by atoms with Gasteiger partial charge in [-0.3, -0.25) is 19.7 Å². The van der Waals surface area contributed by atoms with Crippen molar-refractivity contribution in [3.05, 3.63) is 41.6 Å². The molecule has 3 rings (SSSR count). The first-order valence-corrected chi connectivity index (χ1v) is 6.37. The second-order valence-corrected chi connectivity index (χ2v) is 4.81. The van der Waals surface area contributed by atoms with Gasteiger partial charge in [-0.1, -0.05) is 12.1 Å². The molecule has 0 radical (unpaired) electrons. The molecule has 0 spiro atoms. The van der Waals surface area contributed by atoms with Crippen LogP contribution in [0.4, 0.5) is 0 Å². The summed E-state index contributed by atoms with van der Waals surface area (Å²) in [7, 11) is 0. The third-order valence-electron chi connectivity index (χ3n) is 3.50. The van der Waals surface area contributed by atoms with Crippen LogP contribution in [0.1, 0.15) is 34.8 Å². The number of benzene rings is 1. The highest BCUT2D eigenvalue weighted by Crippen LogP contribution is 2.27. The Labute approximate surface area is 115 Å². The van der Waals surface area contributed by atoms with Crippen molar-refractivity contribution in [2.24, 2.45) is 0 Å². The number of aldehydes is 1. The predicted octanol–water partition coefficient (Wildman–Crippen LogP) is 1.57. The molecule has 1 saturated heterocycles. The largest absolute Gasteiger partial charge is 0.296 e. The van der Waals surface area contributed by atoms with Crippen LogP contribution in [-0.2, 0) is 9.59 Å². The molecule has 1 fully saturated rings. The average Bonchev–Trinajstić information content (AvgIpc) is 2.46. The Morgan fingerprint density at radius 3 is 2.80 bits per heavy atom. The minimum absolute atomic E-state index is 0.218. The molecule has 1 aromatic heterocycles. The summed E-state index contributed by atoms with van der Waals surface area (Å²) in [6.07, 6.45) is 1.58. The van der Waals surface area contributed by atoms with E-state index in [9.17, 15) is 14.4 Å². The lowest BCUT2D eigenvalue weighted by molar-refractivity contribution is -0.134. The predicted molar refractivity (Wildman–Crippen MR) is 72.3 cm³/mol. The maximum Gasteiger partial charge on any atom is 0.234 e. The zero-order valence-corrected chi connectivity index (χ0v) is 10.6. The Kier molecular flexibility index (Phi) is 3.02. The minimum atomic E-state index is -0.303. The van der Waals surface area contributed by atoms with E-state index < -0.39 is 0 Å². The van der Waals surface area contributed by atoms with Crippen molar-refractivity contribution in [2.75, 3.05) is 0 Å². The molecule has 0 bridgehead atoms. The van der Waals surface area contributed by atoms with E-state index in [2.05, 4.69) is 10.3 Å². The van der Waals surface area contributed by atoms with Gasteiger partial charge >= 0.3 is 0 Å². The Balaban J connectivity index is 1.98. The van der Waals surface area contributed by atoms with Gasteiger partial charge in [-0.05, 0) is 30.2 Å². The first-order valence-electron chi connectivity index (χ1n) is 6.37. The Hall–Kier alpha value is -2.56. The Morgan fingerprint density at radius 2 is 2.05 bits per heavy atom. The van der Waals surface area contributed by atoms with Crippen molar-refractivity contribution in [2.45, 2.75) is 18.8 Å². The number of amides is 2. The van der Waals surface area contributed by atoms with Gasteiger partial charge in [-0.2, -0.15) is 0 Å². The van der Waals surface area contributed by atoms with Gasteiger partial charge < -0.3 is 0 Å². The molecule has 5 heteroatoms. The van der Waals surface area contributed by atoms with E-state index in [0.29, 0.717) is 30.3 Å². The molecule has 20 heavy (non-hydrogen) atoms. The molecule has 0 saturated carbocycles. The van der Waals surface area contributed by atoms with Crippen LogP contribution in [0.15, 0.2) is 30.3 Å². The van der Waals surface area contributed by atoms with E-state index >= 15 is 0 Å². The molecule has 1 aliphatic rings. The van der Waals surface area contributed by atoms with Gasteiger partial charge in [-0.25, -0.2) is 4.98 Å². The number of fused-ring (bicyclic) bond motifs is 1. The molecule has 0 aliphatic carbocycles. The number of piperidine rings is 1.